The van der Waals surface area contributed by atoms with Crippen LogP contribution in [-0.4, -0.2) is 25.9 Å². The Kier molecular flexibility index (Phi) is 4.00. The highest BCUT2D eigenvalue weighted by Crippen LogP contribution is 2.52. The standard InChI is InChI=1S/C17H22ClN3O/c1-16(2)8-7-13(9-12-3-5-14(18)6-4-12)17(16,22)10-15-19-11-20-21-15/h3-6,11,13,22H,7-10H2,1-2H3,(H,19,20,21). The van der Waals surface area contributed by atoms with Gasteiger partial charge in [0.05, 0.1) is 5.60 Å². The van der Waals surface area contributed by atoms with Gasteiger partial charge in [-0.2, -0.15) is 5.10 Å². The highest BCUT2D eigenvalue weighted by molar-refractivity contribution is 6.30. The van der Waals surface area contributed by atoms with Gasteiger partial charge in [0.15, 0.2) is 0 Å². The van der Waals surface area contributed by atoms with Crippen molar-refractivity contribution in [2.75, 3.05) is 0 Å². The third-order valence-electron chi connectivity index (χ3n) is 5.26. The number of aromatic nitrogens is 3. The lowest BCUT2D eigenvalue weighted by Crippen LogP contribution is -2.48. The molecule has 2 atom stereocenters. The molecule has 0 aliphatic heterocycles. The second-order valence-corrected chi connectivity index (χ2v) is 7.42. The second kappa shape index (κ2) is 5.67. The first-order valence-electron chi connectivity index (χ1n) is 7.72. The normalized spacial score (nSPS) is 27.2. The van der Waals surface area contributed by atoms with Crippen LogP contribution in [0.5, 0.6) is 0 Å². The summed E-state index contributed by atoms with van der Waals surface area (Å²) in [4.78, 5) is 4.20. The van der Waals surface area contributed by atoms with Gasteiger partial charge in [0, 0.05) is 11.4 Å². The van der Waals surface area contributed by atoms with Crippen molar-refractivity contribution in [2.45, 2.75) is 45.1 Å². The fourth-order valence-electron chi connectivity index (χ4n) is 3.67. The Morgan fingerprint density at radius 1 is 1.32 bits per heavy atom. The number of aliphatic hydroxyl groups is 1. The van der Waals surface area contributed by atoms with E-state index in [9.17, 15) is 5.11 Å². The van der Waals surface area contributed by atoms with Crippen molar-refractivity contribution < 1.29 is 5.11 Å². The minimum Gasteiger partial charge on any atom is -0.389 e. The van der Waals surface area contributed by atoms with Gasteiger partial charge in [-0.1, -0.05) is 37.6 Å². The number of hydrogen-bond donors (Lipinski definition) is 2. The summed E-state index contributed by atoms with van der Waals surface area (Å²) in [5.74, 6) is 0.951. The summed E-state index contributed by atoms with van der Waals surface area (Å²) in [5.41, 5.74) is 0.284. The summed E-state index contributed by atoms with van der Waals surface area (Å²) < 4.78 is 0. The summed E-state index contributed by atoms with van der Waals surface area (Å²) in [6.45, 7) is 4.29. The monoisotopic (exact) mass is 319 g/mol. The third-order valence-corrected chi connectivity index (χ3v) is 5.51. The Morgan fingerprint density at radius 3 is 2.68 bits per heavy atom. The second-order valence-electron chi connectivity index (χ2n) is 6.98. The maximum atomic E-state index is 11.5. The van der Waals surface area contributed by atoms with Gasteiger partial charge in [0.2, 0.25) is 0 Å². The summed E-state index contributed by atoms with van der Waals surface area (Å²) >= 11 is 5.96. The van der Waals surface area contributed by atoms with E-state index in [-0.39, 0.29) is 11.3 Å². The van der Waals surface area contributed by atoms with Crippen molar-refractivity contribution >= 4 is 11.6 Å². The molecule has 2 N–H and O–H groups in total. The average Bonchev–Trinajstić information content (AvgIpc) is 3.04. The minimum atomic E-state index is -0.786. The van der Waals surface area contributed by atoms with E-state index in [1.165, 1.54) is 11.9 Å². The summed E-state index contributed by atoms with van der Waals surface area (Å²) in [5, 5.41) is 19.0. The Bertz CT molecular complexity index is 624. The van der Waals surface area contributed by atoms with Crippen LogP contribution in [0.4, 0.5) is 0 Å². The molecular formula is C17H22ClN3O. The van der Waals surface area contributed by atoms with Crippen LogP contribution in [0.1, 0.15) is 38.1 Å². The third kappa shape index (κ3) is 2.77. The smallest absolute Gasteiger partial charge is 0.137 e. The number of nitrogens with one attached hydrogen (secondary N) is 1. The molecule has 4 nitrogen and oxygen atoms in total. The molecular weight excluding hydrogens is 298 g/mol. The Balaban J connectivity index is 1.84. The molecule has 118 valence electrons. The van der Waals surface area contributed by atoms with Crippen LogP contribution >= 0.6 is 11.6 Å². The van der Waals surface area contributed by atoms with E-state index in [2.05, 4.69) is 29.0 Å². The number of rotatable bonds is 4. The van der Waals surface area contributed by atoms with Gasteiger partial charge < -0.3 is 5.11 Å². The molecule has 1 aromatic heterocycles. The average molecular weight is 320 g/mol. The molecule has 0 bridgehead atoms. The molecule has 0 amide bonds. The van der Waals surface area contributed by atoms with Crippen LogP contribution in [0, 0.1) is 11.3 Å². The van der Waals surface area contributed by atoms with Gasteiger partial charge in [-0.3, -0.25) is 5.10 Å². The van der Waals surface area contributed by atoms with Crippen molar-refractivity contribution in [3.63, 3.8) is 0 Å². The van der Waals surface area contributed by atoms with Crippen molar-refractivity contribution in [1.82, 2.24) is 15.2 Å². The molecule has 1 aliphatic rings. The van der Waals surface area contributed by atoms with Crippen molar-refractivity contribution in [2.24, 2.45) is 11.3 Å². The lowest BCUT2D eigenvalue weighted by atomic mass is 9.70. The Labute approximate surface area is 135 Å². The zero-order chi connectivity index (χ0) is 15.8. The predicted octanol–water partition coefficient (Wildman–Crippen LogP) is 3.41. The number of H-pyrrole nitrogens is 1. The quantitative estimate of drug-likeness (QED) is 0.907. The van der Waals surface area contributed by atoms with E-state index in [1.807, 2.05) is 24.3 Å². The fraction of sp³-hybridized carbons (Fsp3) is 0.529. The number of nitrogens with zero attached hydrogens (tertiary/aromatic N) is 2. The van der Waals surface area contributed by atoms with Crippen molar-refractivity contribution in [3.05, 3.63) is 47.0 Å². The molecule has 1 fully saturated rings. The maximum absolute atomic E-state index is 11.5. The first kappa shape index (κ1) is 15.5. The van der Waals surface area contributed by atoms with Gasteiger partial charge in [-0.05, 0) is 48.3 Å². The molecule has 1 aliphatic carbocycles. The lowest BCUT2D eigenvalue weighted by molar-refractivity contribution is -0.0764. The first-order valence-corrected chi connectivity index (χ1v) is 8.09. The van der Waals surface area contributed by atoms with Crippen LogP contribution < -0.4 is 0 Å². The zero-order valence-electron chi connectivity index (χ0n) is 13.0. The SMILES string of the molecule is CC1(C)CCC(Cc2ccc(Cl)cc2)C1(O)Cc1ncn[nH]1. The molecule has 1 aromatic carbocycles. The number of aromatic amines is 1. The van der Waals surface area contributed by atoms with E-state index in [0.29, 0.717) is 6.42 Å². The minimum absolute atomic E-state index is 0.142. The van der Waals surface area contributed by atoms with Gasteiger partial charge in [-0.25, -0.2) is 4.98 Å². The Hall–Kier alpha value is -1.39. The number of halogens is 1. The van der Waals surface area contributed by atoms with Crippen LogP contribution in [0.25, 0.3) is 0 Å². The number of benzene rings is 1. The van der Waals surface area contributed by atoms with E-state index in [1.54, 1.807) is 0 Å². The van der Waals surface area contributed by atoms with E-state index in [0.717, 1.165) is 30.1 Å². The first-order chi connectivity index (χ1) is 10.4. The molecule has 0 spiro atoms. The molecule has 0 radical (unpaired) electrons. The predicted molar refractivity (Wildman–Crippen MR) is 86.7 cm³/mol. The van der Waals surface area contributed by atoms with Crippen molar-refractivity contribution in [1.29, 1.82) is 0 Å². The summed E-state index contributed by atoms with van der Waals surface area (Å²) in [7, 11) is 0. The molecule has 5 heteroatoms. The summed E-state index contributed by atoms with van der Waals surface area (Å²) in [6.07, 6.45) is 4.88. The molecule has 2 unspecified atom stereocenters. The van der Waals surface area contributed by atoms with E-state index < -0.39 is 5.60 Å². The molecule has 3 rings (SSSR count). The fourth-order valence-corrected chi connectivity index (χ4v) is 3.80. The molecule has 1 saturated carbocycles. The Morgan fingerprint density at radius 2 is 2.05 bits per heavy atom. The van der Waals surface area contributed by atoms with Crippen LogP contribution in [0.2, 0.25) is 5.02 Å². The molecule has 2 aromatic rings. The maximum Gasteiger partial charge on any atom is 0.137 e. The van der Waals surface area contributed by atoms with E-state index in [4.69, 9.17) is 11.6 Å². The van der Waals surface area contributed by atoms with Crippen LogP contribution in [0.15, 0.2) is 30.6 Å². The van der Waals surface area contributed by atoms with E-state index >= 15 is 0 Å². The largest absolute Gasteiger partial charge is 0.389 e. The highest BCUT2D eigenvalue weighted by atomic mass is 35.5. The molecule has 0 saturated heterocycles. The molecule has 22 heavy (non-hydrogen) atoms. The zero-order valence-corrected chi connectivity index (χ0v) is 13.8. The van der Waals surface area contributed by atoms with Crippen molar-refractivity contribution in [3.8, 4) is 0 Å². The van der Waals surface area contributed by atoms with Gasteiger partial charge in [0.1, 0.15) is 12.2 Å². The molecule has 1 heterocycles. The highest BCUT2D eigenvalue weighted by Gasteiger charge is 2.54. The van der Waals surface area contributed by atoms with Crippen LogP contribution in [-0.2, 0) is 12.8 Å². The van der Waals surface area contributed by atoms with Gasteiger partial charge >= 0.3 is 0 Å². The van der Waals surface area contributed by atoms with Crippen LogP contribution in [0.3, 0.4) is 0 Å². The number of hydrogen-bond acceptors (Lipinski definition) is 3. The van der Waals surface area contributed by atoms with Gasteiger partial charge in [-0.15, -0.1) is 0 Å². The lowest BCUT2D eigenvalue weighted by Gasteiger charge is -2.40. The topological polar surface area (TPSA) is 61.8 Å². The van der Waals surface area contributed by atoms with Gasteiger partial charge in [0.25, 0.3) is 0 Å². The summed E-state index contributed by atoms with van der Waals surface area (Å²) in [6, 6.07) is 7.91.